The van der Waals surface area contributed by atoms with Gasteiger partial charge in [-0.25, -0.2) is 0 Å². The molecule has 2 atom stereocenters. The summed E-state index contributed by atoms with van der Waals surface area (Å²) in [4.78, 5) is 2.23. The molecule has 0 rings (SSSR count). The van der Waals surface area contributed by atoms with Gasteiger partial charge in [-0.15, -0.1) is 20.8 Å². The Morgan fingerprint density at radius 1 is 1.10 bits per heavy atom. The quantitative estimate of drug-likeness (QED) is 0.368. The first-order valence-electron chi connectivity index (χ1n) is 3.64. The highest BCUT2D eigenvalue weighted by atomic mass is 35.5. The van der Waals surface area contributed by atoms with Crippen LogP contribution in [0.1, 0.15) is 27.7 Å². The molecule has 62 valence electrons. The number of halogens is 1. The molecule has 0 aliphatic carbocycles. The highest BCUT2D eigenvalue weighted by Gasteiger charge is 2.17. The molecule has 0 N–H and O–H groups in total. The van der Waals surface area contributed by atoms with E-state index in [0.29, 0.717) is 12.1 Å². The molecule has 1 nitrogen and oxygen atoms in total. The van der Waals surface area contributed by atoms with Gasteiger partial charge in [0.25, 0.3) is 0 Å². The maximum absolute atomic E-state index is 5.92. The van der Waals surface area contributed by atoms with E-state index in [1.807, 2.05) is 0 Å². The van der Waals surface area contributed by atoms with Gasteiger partial charge in [0.15, 0.2) is 0 Å². The Morgan fingerprint density at radius 2 is 1.40 bits per heavy atom. The van der Waals surface area contributed by atoms with Gasteiger partial charge >= 0.3 is 0 Å². The minimum Gasteiger partial charge on any atom is -0.280 e. The van der Waals surface area contributed by atoms with Gasteiger partial charge < -0.3 is 0 Å². The summed E-state index contributed by atoms with van der Waals surface area (Å²) in [5.41, 5.74) is 0. The third-order valence-corrected chi connectivity index (χ3v) is 2.05. The minimum absolute atomic E-state index is 0.0556. The van der Waals surface area contributed by atoms with E-state index >= 15 is 0 Å². The molecule has 0 saturated heterocycles. The van der Waals surface area contributed by atoms with E-state index in [0.717, 1.165) is 0 Å². The Hall–Kier alpha value is 0.680. The lowest BCUT2D eigenvalue weighted by Gasteiger charge is -2.32. The van der Waals surface area contributed by atoms with Crippen LogP contribution in [0.4, 0.5) is 0 Å². The smallest absolute Gasteiger partial charge is 0.0990 e. The van der Waals surface area contributed by atoms with Crippen LogP contribution in [-0.2, 0) is 0 Å². The molecule has 0 amide bonds. The fraction of sp³-hybridized carbons (Fsp3) is 1.00. The van der Waals surface area contributed by atoms with E-state index in [1.165, 1.54) is 0 Å². The van der Waals surface area contributed by atoms with E-state index in [9.17, 15) is 0 Å². The van der Waals surface area contributed by atoms with E-state index in [-0.39, 0.29) is 5.24 Å². The molecular formula is C7H17ClNP. The van der Waals surface area contributed by atoms with Crippen molar-refractivity contribution < 1.29 is 0 Å². The highest BCUT2D eigenvalue weighted by molar-refractivity contribution is 7.20. The van der Waals surface area contributed by atoms with E-state index in [2.05, 4.69) is 41.8 Å². The molecule has 10 heavy (non-hydrogen) atoms. The van der Waals surface area contributed by atoms with Crippen LogP contribution < -0.4 is 0 Å². The Bertz CT molecular complexity index is 74.6. The second-order valence-electron chi connectivity index (χ2n) is 3.01. The van der Waals surface area contributed by atoms with Crippen molar-refractivity contribution in [1.82, 2.24) is 4.90 Å². The third kappa shape index (κ3) is 3.18. The predicted octanol–water partition coefficient (Wildman–Crippen LogP) is 2.50. The second kappa shape index (κ2) is 4.54. The van der Waals surface area contributed by atoms with Gasteiger partial charge in [-0.2, -0.15) is 0 Å². The summed E-state index contributed by atoms with van der Waals surface area (Å²) in [6.45, 7) is 8.61. The SMILES string of the molecule is CC(C)N(C(C)C)C(P)Cl. The molecular weight excluding hydrogens is 165 g/mol. The van der Waals surface area contributed by atoms with Crippen molar-refractivity contribution in [1.29, 1.82) is 0 Å². The molecule has 3 heteroatoms. The lowest BCUT2D eigenvalue weighted by atomic mass is 10.2. The predicted molar refractivity (Wildman–Crippen MR) is 51.5 cm³/mol. The van der Waals surface area contributed by atoms with Crippen molar-refractivity contribution in [3.8, 4) is 0 Å². The molecule has 0 heterocycles. The molecule has 0 radical (unpaired) electrons. The van der Waals surface area contributed by atoms with Gasteiger partial charge in [-0.3, -0.25) is 4.90 Å². The van der Waals surface area contributed by atoms with Crippen molar-refractivity contribution in [2.45, 2.75) is 45.0 Å². The van der Waals surface area contributed by atoms with Gasteiger partial charge in [0, 0.05) is 12.1 Å². The van der Waals surface area contributed by atoms with Gasteiger partial charge in [0.1, 0.15) is 0 Å². The summed E-state index contributed by atoms with van der Waals surface area (Å²) >= 11 is 5.92. The number of nitrogens with zero attached hydrogens (tertiary/aromatic N) is 1. The van der Waals surface area contributed by atoms with Crippen LogP contribution >= 0.6 is 20.8 Å². The zero-order valence-corrected chi connectivity index (χ0v) is 9.05. The van der Waals surface area contributed by atoms with Crippen molar-refractivity contribution in [3.05, 3.63) is 0 Å². The molecule has 2 unspecified atom stereocenters. The monoisotopic (exact) mass is 181 g/mol. The number of rotatable bonds is 3. The third-order valence-electron chi connectivity index (χ3n) is 1.48. The van der Waals surface area contributed by atoms with Crippen molar-refractivity contribution in [2.75, 3.05) is 0 Å². The molecule has 0 bridgehead atoms. The first-order chi connectivity index (χ1) is 4.46. The van der Waals surface area contributed by atoms with Crippen LogP contribution in [0.3, 0.4) is 0 Å². The lowest BCUT2D eigenvalue weighted by Crippen LogP contribution is -2.39. The highest BCUT2D eigenvalue weighted by Crippen LogP contribution is 2.18. The normalized spacial score (nSPS) is 15.3. The molecule has 0 aromatic rings. The van der Waals surface area contributed by atoms with E-state index in [4.69, 9.17) is 11.6 Å². The fourth-order valence-corrected chi connectivity index (χ4v) is 2.31. The van der Waals surface area contributed by atoms with Crippen molar-refractivity contribution >= 4 is 20.8 Å². The molecule has 0 aromatic heterocycles. The molecule has 0 aliphatic rings. The average Bonchev–Trinajstić information content (AvgIpc) is 1.59. The first kappa shape index (κ1) is 10.7. The topological polar surface area (TPSA) is 3.24 Å². The molecule has 0 fully saturated rings. The van der Waals surface area contributed by atoms with Crippen LogP contribution in [0.5, 0.6) is 0 Å². The van der Waals surface area contributed by atoms with Crippen LogP contribution in [0.15, 0.2) is 0 Å². The van der Waals surface area contributed by atoms with Crippen LogP contribution in [0.25, 0.3) is 0 Å². The first-order valence-corrected chi connectivity index (χ1v) is 4.74. The Balaban J connectivity index is 3.98. The summed E-state index contributed by atoms with van der Waals surface area (Å²) in [6, 6.07) is 1.03. The van der Waals surface area contributed by atoms with E-state index in [1.54, 1.807) is 0 Å². The lowest BCUT2D eigenvalue weighted by molar-refractivity contribution is 0.193. The summed E-state index contributed by atoms with van der Waals surface area (Å²) in [7, 11) is 2.60. The summed E-state index contributed by atoms with van der Waals surface area (Å²) in [6.07, 6.45) is 0. The summed E-state index contributed by atoms with van der Waals surface area (Å²) < 4.78 is 0. The molecule has 0 saturated carbocycles. The van der Waals surface area contributed by atoms with Crippen molar-refractivity contribution in [3.63, 3.8) is 0 Å². The average molecular weight is 182 g/mol. The Morgan fingerprint density at radius 3 is 1.40 bits per heavy atom. The van der Waals surface area contributed by atoms with Gasteiger partial charge in [0.2, 0.25) is 0 Å². The Labute approximate surface area is 71.3 Å². The minimum atomic E-state index is 0.0556. The zero-order chi connectivity index (χ0) is 8.31. The standard InChI is InChI=1S/C7H17ClNP/c1-5(2)9(6(3)4)7(8)10/h5-7H,10H2,1-4H3. The van der Waals surface area contributed by atoms with Crippen LogP contribution in [-0.4, -0.2) is 22.2 Å². The van der Waals surface area contributed by atoms with Crippen LogP contribution in [0, 0.1) is 0 Å². The van der Waals surface area contributed by atoms with Gasteiger partial charge in [-0.1, -0.05) is 0 Å². The number of hydrogen-bond acceptors (Lipinski definition) is 1. The van der Waals surface area contributed by atoms with Crippen LogP contribution in [0.2, 0.25) is 0 Å². The molecule has 0 spiro atoms. The summed E-state index contributed by atoms with van der Waals surface area (Å²) in [5.74, 6) is 0. The van der Waals surface area contributed by atoms with E-state index < -0.39 is 0 Å². The van der Waals surface area contributed by atoms with Crippen molar-refractivity contribution in [2.24, 2.45) is 0 Å². The maximum Gasteiger partial charge on any atom is 0.0990 e. The zero-order valence-electron chi connectivity index (χ0n) is 7.13. The number of hydrogen-bond donors (Lipinski definition) is 0. The largest absolute Gasteiger partial charge is 0.280 e. The number of alkyl halides is 1. The van der Waals surface area contributed by atoms with Gasteiger partial charge in [-0.05, 0) is 27.7 Å². The maximum atomic E-state index is 5.92. The second-order valence-corrected chi connectivity index (χ2v) is 4.51. The molecule has 0 aromatic carbocycles. The van der Waals surface area contributed by atoms with Gasteiger partial charge in [0.05, 0.1) is 5.24 Å². The Kier molecular flexibility index (Phi) is 4.84. The fourth-order valence-electron chi connectivity index (χ4n) is 1.17. The molecule has 0 aliphatic heterocycles. The summed E-state index contributed by atoms with van der Waals surface area (Å²) in [5, 5.41) is 0.0556.